The summed E-state index contributed by atoms with van der Waals surface area (Å²) in [6.45, 7) is 6.99. The molecular formula is C22H21Cl2N3O3. The molecule has 0 aliphatic rings. The summed E-state index contributed by atoms with van der Waals surface area (Å²) in [7, 11) is 1.85. The number of allylic oxidation sites excluding steroid dienone is 1. The molecule has 1 aromatic heterocycles. The Bertz CT molecular complexity index is 1150. The summed E-state index contributed by atoms with van der Waals surface area (Å²) in [6, 6.07) is 8.71. The van der Waals surface area contributed by atoms with Crippen LogP contribution in [-0.2, 0) is 11.8 Å². The van der Waals surface area contributed by atoms with E-state index >= 15 is 0 Å². The van der Waals surface area contributed by atoms with Crippen molar-refractivity contribution >= 4 is 45.8 Å². The van der Waals surface area contributed by atoms with Gasteiger partial charge in [-0.3, -0.25) is 14.3 Å². The fourth-order valence-corrected chi connectivity index (χ4v) is 3.44. The minimum atomic E-state index is -0.812. The predicted molar refractivity (Wildman–Crippen MR) is 118 cm³/mol. The van der Waals surface area contributed by atoms with Gasteiger partial charge in [0.25, 0.3) is 0 Å². The highest BCUT2D eigenvalue weighted by molar-refractivity contribution is 6.45. The molecule has 0 aliphatic heterocycles. The molecule has 6 nitrogen and oxygen atoms in total. The number of ketones is 1. The maximum atomic E-state index is 12.4. The average Bonchev–Trinajstić information content (AvgIpc) is 3.09. The first kappa shape index (κ1) is 21.9. The Hall–Kier alpha value is -2.83. The number of benzene rings is 2. The number of fused-ring (bicyclic) bond motifs is 1. The van der Waals surface area contributed by atoms with E-state index < -0.39 is 6.23 Å². The third kappa shape index (κ3) is 4.35. The summed E-state index contributed by atoms with van der Waals surface area (Å²) >= 11 is 12.7. The van der Waals surface area contributed by atoms with Crippen molar-refractivity contribution in [1.29, 1.82) is 0 Å². The molecule has 30 heavy (non-hydrogen) atoms. The molecule has 1 unspecified atom stereocenters. The van der Waals surface area contributed by atoms with Crippen molar-refractivity contribution < 1.29 is 14.3 Å². The van der Waals surface area contributed by atoms with E-state index in [4.69, 9.17) is 27.9 Å². The number of nitrogens with zero attached hydrogens (tertiary/aromatic N) is 2. The molecule has 1 heterocycles. The zero-order valence-corrected chi connectivity index (χ0v) is 18.3. The maximum Gasteiger partial charge on any atom is 0.219 e. The first-order chi connectivity index (χ1) is 14.2. The van der Waals surface area contributed by atoms with Gasteiger partial charge in [0.05, 0.1) is 16.7 Å². The van der Waals surface area contributed by atoms with E-state index in [1.807, 2.05) is 32.2 Å². The Morgan fingerprint density at radius 2 is 1.97 bits per heavy atom. The lowest BCUT2D eigenvalue weighted by molar-refractivity contribution is -0.121. The highest BCUT2D eigenvalue weighted by atomic mass is 35.5. The minimum Gasteiger partial charge on any atom is -0.465 e. The molecule has 0 spiro atoms. The molecule has 8 heteroatoms. The fraction of sp³-hybridized carbons (Fsp3) is 0.227. The number of nitrogens with one attached hydrogen (secondary N) is 1. The van der Waals surface area contributed by atoms with Crippen LogP contribution in [0.15, 0.2) is 48.7 Å². The summed E-state index contributed by atoms with van der Waals surface area (Å²) in [5.74, 6) is -0.304. The van der Waals surface area contributed by atoms with Crippen LogP contribution < -0.4 is 10.1 Å². The summed E-state index contributed by atoms with van der Waals surface area (Å²) in [5.41, 5.74) is 2.34. The van der Waals surface area contributed by atoms with Crippen LogP contribution in [0.1, 0.15) is 42.4 Å². The lowest BCUT2D eigenvalue weighted by Crippen LogP contribution is -2.30. The molecule has 0 saturated carbocycles. The van der Waals surface area contributed by atoms with Crippen molar-refractivity contribution in [2.24, 2.45) is 7.05 Å². The van der Waals surface area contributed by atoms with Crippen molar-refractivity contribution in [3.8, 4) is 5.75 Å². The largest absolute Gasteiger partial charge is 0.465 e. The van der Waals surface area contributed by atoms with Gasteiger partial charge in [-0.1, -0.05) is 42.8 Å². The molecule has 0 radical (unpaired) electrons. The first-order valence-corrected chi connectivity index (χ1v) is 10.0. The molecule has 0 aliphatic carbocycles. The lowest BCUT2D eigenvalue weighted by Gasteiger charge is -2.22. The van der Waals surface area contributed by atoms with E-state index in [2.05, 4.69) is 17.0 Å². The summed E-state index contributed by atoms with van der Waals surface area (Å²) in [4.78, 5) is 24.2. The van der Waals surface area contributed by atoms with Crippen molar-refractivity contribution in [3.05, 3.63) is 69.9 Å². The second-order valence-corrected chi connectivity index (χ2v) is 7.57. The molecule has 1 N–H and O–H groups in total. The number of aryl methyl sites for hydroxylation is 1. The van der Waals surface area contributed by atoms with Gasteiger partial charge in [-0.2, -0.15) is 5.10 Å². The Balaban J connectivity index is 1.96. The standard InChI is InChI=1S/C22H21Cl2N3O3/c1-5-12(2)21(29)16-7-9-18(20(24)19(16)23)30-22(26-13(3)28)14-6-8-17-15(10-14)11-25-27(17)4/h6-11,22H,2,5H2,1,3-4H3,(H,26,28). The number of halogens is 2. The van der Waals surface area contributed by atoms with E-state index in [1.54, 1.807) is 23.0 Å². The quantitative estimate of drug-likeness (QED) is 0.306. The van der Waals surface area contributed by atoms with Crippen molar-refractivity contribution in [2.75, 3.05) is 0 Å². The number of carbonyl (C=O) groups is 2. The molecule has 3 rings (SSSR count). The van der Waals surface area contributed by atoms with Gasteiger partial charge in [0.2, 0.25) is 5.91 Å². The van der Waals surface area contributed by atoms with Crippen LogP contribution in [0.3, 0.4) is 0 Å². The molecule has 156 valence electrons. The molecule has 1 amide bonds. The third-order valence-corrected chi connectivity index (χ3v) is 5.56. The predicted octanol–water partition coefficient (Wildman–Crippen LogP) is 5.24. The SMILES string of the molecule is C=C(CC)C(=O)c1ccc(OC(NC(C)=O)c2ccc3c(cnn3C)c2)c(Cl)c1Cl. The van der Waals surface area contributed by atoms with Gasteiger partial charge in [0.1, 0.15) is 10.8 Å². The van der Waals surface area contributed by atoms with Gasteiger partial charge in [0, 0.05) is 30.5 Å². The number of rotatable bonds is 7. The van der Waals surface area contributed by atoms with Crippen LogP contribution in [0, 0.1) is 0 Å². The van der Waals surface area contributed by atoms with Crippen molar-refractivity contribution in [1.82, 2.24) is 15.1 Å². The number of Topliss-reactive ketones (excluding diaryl/α,β-unsaturated/α-hetero) is 1. The van der Waals surface area contributed by atoms with Gasteiger partial charge in [-0.25, -0.2) is 0 Å². The fourth-order valence-electron chi connectivity index (χ4n) is 2.99. The topological polar surface area (TPSA) is 73.2 Å². The minimum absolute atomic E-state index is 0.0815. The number of hydrogen-bond acceptors (Lipinski definition) is 4. The zero-order chi connectivity index (χ0) is 22.0. The van der Waals surface area contributed by atoms with Crippen LogP contribution in [-0.4, -0.2) is 21.5 Å². The van der Waals surface area contributed by atoms with Crippen LogP contribution in [0.25, 0.3) is 10.9 Å². The monoisotopic (exact) mass is 445 g/mol. The molecule has 0 bridgehead atoms. The number of carbonyl (C=O) groups excluding carboxylic acids is 2. The molecule has 2 aromatic carbocycles. The highest BCUT2D eigenvalue weighted by Gasteiger charge is 2.22. The summed E-state index contributed by atoms with van der Waals surface area (Å²) in [5, 5.41) is 8.05. The van der Waals surface area contributed by atoms with Gasteiger partial charge in [0.15, 0.2) is 12.0 Å². The number of amides is 1. The van der Waals surface area contributed by atoms with Crippen LogP contribution in [0.5, 0.6) is 5.75 Å². The Kier molecular flexibility index (Phi) is 6.48. The van der Waals surface area contributed by atoms with Crippen LogP contribution in [0.4, 0.5) is 0 Å². The number of hydrogen-bond donors (Lipinski definition) is 1. The first-order valence-electron chi connectivity index (χ1n) is 9.28. The van der Waals surface area contributed by atoms with Crippen LogP contribution >= 0.6 is 23.2 Å². The molecule has 0 saturated heterocycles. The van der Waals surface area contributed by atoms with E-state index in [-0.39, 0.29) is 33.0 Å². The molecule has 3 aromatic rings. The van der Waals surface area contributed by atoms with Gasteiger partial charge in [-0.05, 0) is 36.3 Å². The second-order valence-electron chi connectivity index (χ2n) is 6.81. The Labute approximate surface area is 184 Å². The van der Waals surface area contributed by atoms with Gasteiger partial charge < -0.3 is 10.1 Å². The summed E-state index contributed by atoms with van der Waals surface area (Å²) in [6.07, 6.45) is 1.42. The average molecular weight is 446 g/mol. The normalized spacial score (nSPS) is 11.9. The zero-order valence-electron chi connectivity index (χ0n) is 16.8. The van der Waals surface area contributed by atoms with E-state index in [0.29, 0.717) is 17.6 Å². The Morgan fingerprint density at radius 1 is 1.23 bits per heavy atom. The smallest absolute Gasteiger partial charge is 0.219 e. The third-order valence-electron chi connectivity index (χ3n) is 4.69. The number of ether oxygens (including phenoxy) is 1. The molecule has 0 fully saturated rings. The lowest BCUT2D eigenvalue weighted by atomic mass is 10.0. The maximum absolute atomic E-state index is 12.4. The van der Waals surface area contributed by atoms with E-state index in [9.17, 15) is 9.59 Å². The summed E-state index contributed by atoms with van der Waals surface area (Å²) < 4.78 is 7.74. The van der Waals surface area contributed by atoms with Crippen LogP contribution in [0.2, 0.25) is 10.0 Å². The highest BCUT2D eigenvalue weighted by Crippen LogP contribution is 2.37. The van der Waals surface area contributed by atoms with E-state index in [1.165, 1.54) is 6.92 Å². The second kappa shape index (κ2) is 8.90. The molecule has 1 atom stereocenters. The molecular weight excluding hydrogens is 425 g/mol. The van der Waals surface area contributed by atoms with E-state index in [0.717, 1.165) is 10.9 Å². The number of aromatic nitrogens is 2. The van der Waals surface area contributed by atoms with Crippen molar-refractivity contribution in [2.45, 2.75) is 26.5 Å². The van der Waals surface area contributed by atoms with Gasteiger partial charge in [-0.15, -0.1) is 0 Å². The Morgan fingerprint density at radius 3 is 2.63 bits per heavy atom. The van der Waals surface area contributed by atoms with Gasteiger partial charge >= 0.3 is 0 Å². The van der Waals surface area contributed by atoms with Crippen molar-refractivity contribution in [3.63, 3.8) is 0 Å².